The van der Waals surface area contributed by atoms with Crippen molar-refractivity contribution in [3.8, 4) is 0 Å². The molecule has 2 bridgehead atoms. The highest BCUT2D eigenvalue weighted by atomic mass is 32.1. The van der Waals surface area contributed by atoms with Crippen LogP contribution in [0.2, 0.25) is 0 Å². The molecule has 4 unspecified atom stereocenters. The van der Waals surface area contributed by atoms with Crippen LogP contribution in [-0.4, -0.2) is 10.9 Å². The van der Waals surface area contributed by atoms with Crippen LogP contribution in [-0.2, 0) is 4.79 Å². The van der Waals surface area contributed by atoms with E-state index in [9.17, 15) is 4.79 Å². The van der Waals surface area contributed by atoms with Crippen molar-refractivity contribution in [3.05, 3.63) is 28.2 Å². The second-order valence-electron chi connectivity index (χ2n) is 6.52. The molecule has 0 spiro atoms. The average Bonchev–Trinajstić information content (AvgIpc) is 2.86. The number of hydrogen-bond acceptors (Lipinski definition) is 3. The zero-order valence-corrected chi connectivity index (χ0v) is 12.5. The molecule has 3 aliphatic carbocycles. The average molecular weight is 288 g/mol. The van der Waals surface area contributed by atoms with Crippen LogP contribution in [0.3, 0.4) is 0 Å². The highest BCUT2D eigenvalue weighted by Crippen LogP contribution is 2.45. The molecule has 3 aliphatic rings. The van der Waals surface area contributed by atoms with Gasteiger partial charge in [0, 0.05) is 17.0 Å². The smallest absolute Gasteiger partial charge is 0.224 e. The van der Waals surface area contributed by atoms with Crippen molar-refractivity contribution in [1.29, 1.82) is 0 Å². The van der Waals surface area contributed by atoms with E-state index in [-0.39, 0.29) is 17.9 Å². The van der Waals surface area contributed by atoms with E-state index in [0.29, 0.717) is 17.8 Å². The molecule has 0 aromatic carbocycles. The van der Waals surface area contributed by atoms with Crippen molar-refractivity contribution in [3.63, 3.8) is 0 Å². The molecule has 4 rings (SSSR count). The first-order valence-electron chi connectivity index (χ1n) is 7.62. The number of aromatic nitrogens is 1. The maximum absolute atomic E-state index is 12.6. The van der Waals surface area contributed by atoms with Gasteiger partial charge < -0.3 is 5.32 Å². The van der Waals surface area contributed by atoms with E-state index in [0.717, 1.165) is 11.4 Å². The van der Waals surface area contributed by atoms with Crippen LogP contribution in [0.15, 0.2) is 18.3 Å². The van der Waals surface area contributed by atoms with Crippen LogP contribution < -0.4 is 5.32 Å². The predicted octanol–water partition coefficient (Wildman–Crippen LogP) is 3.23. The number of allylic oxidation sites excluding steroid dienone is 2. The van der Waals surface area contributed by atoms with Gasteiger partial charge in [-0.2, -0.15) is 0 Å². The van der Waals surface area contributed by atoms with Crippen molar-refractivity contribution in [1.82, 2.24) is 10.3 Å². The predicted molar refractivity (Wildman–Crippen MR) is 79.3 cm³/mol. The van der Waals surface area contributed by atoms with Crippen LogP contribution in [0.5, 0.6) is 0 Å². The molecule has 1 amide bonds. The normalized spacial score (nSPS) is 32.5. The van der Waals surface area contributed by atoms with Crippen LogP contribution in [0.1, 0.15) is 41.6 Å². The van der Waals surface area contributed by atoms with Crippen molar-refractivity contribution in [2.45, 2.75) is 38.6 Å². The topological polar surface area (TPSA) is 42.0 Å². The molecule has 20 heavy (non-hydrogen) atoms. The van der Waals surface area contributed by atoms with Gasteiger partial charge in [-0.1, -0.05) is 12.2 Å². The Bertz CT molecular complexity index is 561. The standard InChI is InChI=1S/C16H20N2OS/c1-9-8-17-16(20-9)14(11-4-5-11)18-15(19)13-7-10-2-3-12(13)6-10/h2-3,8,10-14H,4-7H2,1H3,(H,18,19). The van der Waals surface area contributed by atoms with Gasteiger partial charge in [0.15, 0.2) is 0 Å². The molecule has 1 heterocycles. The molecule has 4 heteroatoms. The van der Waals surface area contributed by atoms with E-state index in [2.05, 4.69) is 29.4 Å². The van der Waals surface area contributed by atoms with E-state index in [1.54, 1.807) is 11.3 Å². The van der Waals surface area contributed by atoms with E-state index in [1.807, 2.05) is 6.20 Å². The number of nitrogens with zero attached hydrogens (tertiary/aromatic N) is 1. The third-order valence-electron chi connectivity index (χ3n) is 4.91. The Morgan fingerprint density at radius 1 is 1.40 bits per heavy atom. The molecule has 4 atom stereocenters. The van der Waals surface area contributed by atoms with Crippen molar-refractivity contribution in [2.75, 3.05) is 0 Å². The SMILES string of the molecule is Cc1cnc(C(NC(=O)C2CC3C=CC2C3)C2CC2)s1. The number of carbonyl (C=O) groups excluding carboxylic acids is 1. The fourth-order valence-corrected chi connectivity index (χ4v) is 4.59. The van der Waals surface area contributed by atoms with E-state index >= 15 is 0 Å². The van der Waals surface area contributed by atoms with Gasteiger partial charge >= 0.3 is 0 Å². The minimum Gasteiger partial charge on any atom is -0.346 e. The van der Waals surface area contributed by atoms with Gasteiger partial charge in [0.1, 0.15) is 5.01 Å². The van der Waals surface area contributed by atoms with E-state index in [4.69, 9.17) is 0 Å². The van der Waals surface area contributed by atoms with Gasteiger partial charge in [0.25, 0.3) is 0 Å². The first-order valence-corrected chi connectivity index (χ1v) is 8.43. The lowest BCUT2D eigenvalue weighted by atomic mass is 9.92. The molecule has 1 aromatic heterocycles. The summed E-state index contributed by atoms with van der Waals surface area (Å²) in [4.78, 5) is 18.3. The third-order valence-corrected chi connectivity index (χ3v) is 5.91. The summed E-state index contributed by atoms with van der Waals surface area (Å²) in [7, 11) is 0. The zero-order valence-electron chi connectivity index (χ0n) is 11.7. The summed E-state index contributed by atoms with van der Waals surface area (Å²) in [6.07, 6.45) is 11.1. The Hall–Kier alpha value is -1.16. The Morgan fingerprint density at radius 3 is 2.80 bits per heavy atom. The molecular formula is C16H20N2OS. The number of rotatable bonds is 4. The van der Waals surface area contributed by atoms with Crippen molar-refractivity contribution < 1.29 is 4.79 Å². The largest absolute Gasteiger partial charge is 0.346 e. The summed E-state index contributed by atoms with van der Waals surface area (Å²) in [5.74, 6) is 2.20. The molecule has 0 aliphatic heterocycles. The Morgan fingerprint density at radius 2 is 2.25 bits per heavy atom. The van der Waals surface area contributed by atoms with Gasteiger partial charge in [-0.15, -0.1) is 11.3 Å². The molecule has 1 N–H and O–H groups in total. The Balaban J connectivity index is 1.48. The van der Waals surface area contributed by atoms with Crippen LogP contribution >= 0.6 is 11.3 Å². The van der Waals surface area contributed by atoms with Gasteiger partial charge in [-0.25, -0.2) is 4.98 Å². The maximum atomic E-state index is 12.6. The maximum Gasteiger partial charge on any atom is 0.224 e. The summed E-state index contributed by atoms with van der Waals surface area (Å²) in [6, 6.07) is 0.157. The highest BCUT2D eigenvalue weighted by molar-refractivity contribution is 7.11. The summed E-state index contributed by atoms with van der Waals surface area (Å²) < 4.78 is 0. The van der Waals surface area contributed by atoms with Crippen molar-refractivity contribution in [2.24, 2.45) is 23.7 Å². The molecule has 0 radical (unpaired) electrons. The molecule has 2 fully saturated rings. The second kappa shape index (κ2) is 4.69. The molecule has 3 nitrogen and oxygen atoms in total. The number of fused-ring (bicyclic) bond motifs is 2. The van der Waals surface area contributed by atoms with Gasteiger partial charge in [0.2, 0.25) is 5.91 Å². The molecular weight excluding hydrogens is 268 g/mol. The lowest BCUT2D eigenvalue weighted by Crippen LogP contribution is -2.36. The van der Waals surface area contributed by atoms with Crippen LogP contribution in [0.25, 0.3) is 0 Å². The number of thiazole rings is 1. The summed E-state index contributed by atoms with van der Waals surface area (Å²) >= 11 is 1.72. The fraction of sp³-hybridized carbons (Fsp3) is 0.625. The van der Waals surface area contributed by atoms with Gasteiger partial charge in [-0.05, 0) is 50.4 Å². The first-order chi connectivity index (χ1) is 9.70. The monoisotopic (exact) mass is 288 g/mol. The second-order valence-corrected chi connectivity index (χ2v) is 7.79. The van der Waals surface area contributed by atoms with E-state index in [1.165, 1.54) is 24.1 Å². The lowest BCUT2D eigenvalue weighted by Gasteiger charge is -2.22. The highest BCUT2D eigenvalue weighted by Gasteiger charge is 2.42. The number of amides is 1. The van der Waals surface area contributed by atoms with Crippen molar-refractivity contribution >= 4 is 17.2 Å². The van der Waals surface area contributed by atoms with Gasteiger partial charge in [-0.3, -0.25) is 4.79 Å². The molecule has 0 saturated heterocycles. The van der Waals surface area contributed by atoms with Crippen LogP contribution in [0, 0.1) is 30.6 Å². The Kier molecular flexibility index (Phi) is 2.95. The number of nitrogens with one attached hydrogen (secondary N) is 1. The Labute approximate surface area is 123 Å². The molecule has 2 saturated carbocycles. The summed E-state index contributed by atoms with van der Waals surface area (Å²) in [6.45, 7) is 2.08. The molecule has 106 valence electrons. The van der Waals surface area contributed by atoms with E-state index < -0.39 is 0 Å². The quantitative estimate of drug-likeness (QED) is 0.864. The molecule has 1 aromatic rings. The fourth-order valence-electron chi connectivity index (χ4n) is 3.67. The number of aryl methyl sites for hydroxylation is 1. The minimum atomic E-state index is 0.157. The summed E-state index contributed by atoms with van der Waals surface area (Å²) in [5.41, 5.74) is 0. The minimum absolute atomic E-state index is 0.157. The lowest BCUT2D eigenvalue weighted by molar-refractivity contribution is -0.126. The number of carbonyl (C=O) groups is 1. The van der Waals surface area contributed by atoms with Gasteiger partial charge in [0.05, 0.1) is 6.04 Å². The first kappa shape index (κ1) is 12.6. The third kappa shape index (κ3) is 2.20. The van der Waals surface area contributed by atoms with Crippen LogP contribution in [0.4, 0.5) is 0 Å². The summed E-state index contributed by atoms with van der Waals surface area (Å²) in [5, 5.41) is 4.40. The number of hydrogen-bond donors (Lipinski definition) is 1. The zero-order chi connectivity index (χ0) is 13.7.